The SMILES string of the molecule is CCCCCCCCCCCCc1ccc([P+](=O)O)cc1. The van der Waals surface area contributed by atoms with Crippen LogP contribution in [0.15, 0.2) is 24.3 Å². The predicted molar refractivity (Wildman–Crippen MR) is 91.4 cm³/mol. The summed E-state index contributed by atoms with van der Waals surface area (Å²) in [5.41, 5.74) is 1.27. The van der Waals surface area contributed by atoms with Crippen molar-refractivity contribution in [2.45, 2.75) is 77.6 Å². The van der Waals surface area contributed by atoms with Gasteiger partial charge in [0.15, 0.2) is 0 Å². The summed E-state index contributed by atoms with van der Waals surface area (Å²) < 4.78 is 10.9. The highest BCUT2D eigenvalue weighted by atomic mass is 31.1. The highest BCUT2D eigenvalue weighted by Crippen LogP contribution is 2.15. The van der Waals surface area contributed by atoms with Gasteiger partial charge in [-0.2, -0.15) is 4.89 Å². The third-order valence-corrected chi connectivity index (χ3v) is 4.72. The number of unbranched alkanes of at least 4 members (excludes halogenated alkanes) is 9. The van der Waals surface area contributed by atoms with Crippen LogP contribution in [0.4, 0.5) is 0 Å². The molecule has 0 spiro atoms. The van der Waals surface area contributed by atoms with Crippen LogP contribution >= 0.6 is 8.03 Å². The van der Waals surface area contributed by atoms with Crippen LogP contribution in [0.25, 0.3) is 0 Å². The molecule has 0 saturated heterocycles. The number of aryl methyl sites for hydroxylation is 1. The van der Waals surface area contributed by atoms with Gasteiger partial charge in [0.25, 0.3) is 0 Å². The van der Waals surface area contributed by atoms with E-state index < -0.39 is 8.03 Å². The fourth-order valence-electron chi connectivity index (χ4n) is 2.61. The zero-order valence-electron chi connectivity index (χ0n) is 13.4. The van der Waals surface area contributed by atoms with Gasteiger partial charge in [0, 0.05) is 0 Å². The molecule has 0 bridgehead atoms. The first kappa shape index (κ1) is 18.3. The Bertz CT molecular complexity index is 387. The lowest BCUT2D eigenvalue weighted by molar-refractivity contribution is 0.513. The van der Waals surface area contributed by atoms with E-state index in [2.05, 4.69) is 6.92 Å². The van der Waals surface area contributed by atoms with Crippen LogP contribution in [-0.2, 0) is 11.0 Å². The van der Waals surface area contributed by atoms with E-state index in [0.29, 0.717) is 5.30 Å². The summed E-state index contributed by atoms with van der Waals surface area (Å²) in [6.45, 7) is 2.26. The van der Waals surface area contributed by atoms with Crippen molar-refractivity contribution in [3.8, 4) is 0 Å². The van der Waals surface area contributed by atoms with Crippen molar-refractivity contribution in [1.82, 2.24) is 0 Å². The Hall–Kier alpha value is -0.720. The zero-order valence-corrected chi connectivity index (χ0v) is 14.3. The zero-order chi connectivity index (χ0) is 15.3. The Morgan fingerprint density at radius 1 is 0.810 bits per heavy atom. The minimum atomic E-state index is -2.19. The van der Waals surface area contributed by atoms with Gasteiger partial charge < -0.3 is 0 Å². The number of benzene rings is 1. The number of hydrogen-bond acceptors (Lipinski definition) is 1. The van der Waals surface area contributed by atoms with E-state index >= 15 is 0 Å². The maximum Gasteiger partial charge on any atom is 0.546 e. The standard InChI is InChI=1S/C18H29O2P/c1-2-3-4-5-6-7-8-9-10-11-12-17-13-15-18(16-14-17)21(19)20/h13-16H,2-12H2,1H3/p+1. The van der Waals surface area contributed by atoms with E-state index in [9.17, 15) is 4.57 Å². The fraction of sp³-hybridized carbons (Fsp3) is 0.667. The monoisotopic (exact) mass is 309 g/mol. The molecule has 1 rings (SSSR count). The molecule has 21 heavy (non-hydrogen) atoms. The maximum atomic E-state index is 10.9. The largest absolute Gasteiger partial charge is 0.546 e. The van der Waals surface area contributed by atoms with Crippen molar-refractivity contribution in [3.05, 3.63) is 29.8 Å². The van der Waals surface area contributed by atoms with Gasteiger partial charge in [-0.05, 0) is 35.1 Å². The average Bonchev–Trinajstić information content (AvgIpc) is 2.49. The van der Waals surface area contributed by atoms with Gasteiger partial charge in [-0.3, -0.25) is 0 Å². The van der Waals surface area contributed by atoms with E-state index in [1.807, 2.05) is 12.1 Å². The molecule has 1 unspecified atom stereocenters. The molecule has 0 aliphatic heterocycles. The molecule has 1 N–H and O–H groups in total. The molecule has 0 saturated carbocycles. The fourth-order valence-corrected chi connectivity index (χ4v) is 3.01. The van der Waals surface area contributed by atoms with Gasteiger partial charge in [0.05, 0.1) is 0 Å². The molecule has 0 amide bonds. The highest BCUT2D eigenvalue weighted by Gasteiger charge is 2.14. The average molecular weight is 309 g/mol. The van der Waals surface area contributed by atoms with Crippen LogP contribution in [0.1, 0.15) is 76.7 Å². The molecule has 3 heteroatoms. The van der Waals surface area contributed by atoms with Crippen molar-refractivity contribution in [3.63, 3.8) is 0 Å². The molecule has 1 aromatic carbocycles. The minimum absolute atomic E-state index is 0.525. The van der Waals surface area contributed by atoms with E-state index in [0.717, 1.165) is 6.42 Å². The summed E-state index contributed by atoms with van der Waals surface area (Å²) in [6.07, 6.45) is 14.6. The number of rotatable bonds is 12. The summed E-state index contributed by atoms with van der Waals surface area (Å²) in [4.78, 5) is 8.99. The van der Waals surface area contributed by atoms with Crippen LogP contribution in [-0.4, -0.2) is 4.89 Å². The quantitative estimate of drug-likeness (QED) is 0.408. The Morgan fingerprint density at radius 2 is 1.29 bits per heavy atom. The first-order valence-electron chi connectivity index (χ1n) is 8.49. The van der Waals surface area contributed by atoms with Gasteiger partial charge in [-0.15, -0.1) is 0 Å². The first-order chi connectivity index (χ1) is 10.2. The maximum absolute atomic E-state index is 10.9. The van der Waals surface area contributed by atoms with Crippen molar-refractivity contribution >= 4 is 13.3 Å². The lowest BCUT2D eigenvalue weighted by Gasteiger charge is -2.03. The molecular weight excluding hydrogens is 279 g/mol. The molecule has 1 atom stereocenters. The van der Waals surface area contributed by atoms with Crippen molar-refractivity contribution < 1.29 is 9.46 Å². The van der Waals surface area contributed by atoms with Crippen LogP contribution in [0, 0.1) is 0 Å². The van der Waals surface area contributed by atoms with Crippen LogP contribution in [0.3, 0.4) is 0 Å². The summed E-state index contributed by atoms with van der Waals surface area (Å²) in [5.74, 6) is 0. The van der Waals surface area contributed by atoms with Crippen molar-refractivity contribution in [1.29, 1.82) is 0 Å². The van der Waals surface area contributed by atoms with Gasteiger partial charge in [-0.25, -0.2) is 0 Å². The van der Waals surface area contributed by atoms with E-state index in [1.54, 1.807) is 12.1 Å². The topological polar surface area (TPSA) is 37.3 Å². The molecule has 0 aromatic heterocycles. The molecule has 1 aromatic rings. The van der Waals surface area contributed by atoms with Gasteiger partial charge >= 0.3 is 8.03 Å². The lowest BCUT2D eigenvalue weighted by Crippen LogP contribution is -1.96. The van der Waals surface area contributed by atoms with Crippen molar-refractivity contribution in [2.75, 3.05) is 0 Å². The summed E-state index contributed by atoms with van der Waals surface area (Å²) >= 11 is 0. The normalized spacial score (nSPS) is 11.6. The smallest absolute Gasteiger partial charge is 0.156 e. The molecule has 2 nitrogen and oxygen atoms in total. The molecule has 0 aliphatic carbocycles. The minimum Gasteiger partial charge on any atom is -0.156 e. The molecule has 0 heterocycles. The summed E-state index contributed by atoms with van der Waals surface area (Å²) in [6, 6.07) is 7.49. The summed E-state index contributed by atoms with van der Waals surface area (Å²) in [7, 11) is -2.19. The second kappa shape index (κ2) is 11.9. The van der Waals surface area contributed by atoms with Crippen LogP contribution in [0.2, 0.25) is 0 Å². The third-order valence-electron chi connectivity index (χ3n) is 3.98. The van der Waals surface area contributed by atoms with Gasteiger partial charge in [0.1, 0.15) is 0 Å². The Morgan fingerprint density at radius 3 is 1.76 bits per heavy atom. The van der Waals surface area contributed by atoms with E-state index in [1.165, 1.54) is 69.8 Å². The molecule has 0 fully saturated rings. The Labute approximate surface area is 130 Å². The van der Waals surface area contributed by atoms with Crippen molar-refractivity contribution in [2.24, 2.45) is 0 Å². The lowest BCUT2D eigenvalue weighted by atomic mass is 10.0. The second-order valence-electron chi connectivity index (χ2n) is 5.87. The third kappa shape index (κ3) is 9.01. The Balaban J connectivity index is 1.98. The van der Waals surface area contributed by atoms with E-state index in [4.69, 9.17) is 4.89 Å². The van der Waals surface area contributed by atoms with Crippen LogP contribution < -0.4 is 5.30 Å². The second-order valence-corrected chi connectivity index (χ2v) is 6.93. The molecule has 118 valence electrons. The number of hydrogen-bond donors (Lipinski definition) is 1. The van der Waals surface area contributed by atoms with Gasteiger partial charge in [0.2, 0.25) is 5.30 Å². The van der Waals surface area contributed by atoms with Crippen LogP contribution in [0.5, 0.6) is 0 Å². The predicted octanol–water partition coefficient (Wildman–Crippen LogP) is 5.51. The molecular formula is C18H30O2P+. The van der Waals surface area contributed by atoms with E-state index in [-0.39, 0.29) is 0 Å². The highest BCUT2D eigenvalue weighted by molar-refractivity contribution is 7.47. The first-order valence-corrected chi connectivity index (χ1v) is 9.70. The van der Waals surface area contributed by atoms with Gasteiger partial charge in [-0.1, -0.05) is 76.8 Å². The molecule has 0 radical (unpaired) electrons. The molecule has 0 aliphatic rings. The Kier molecular flexibility index (Phi) is 10.4. The summed E-state index contributed by atoms with van der Waals surface area (Å²) in [5, 5.41) is 0.525.